The first-order chi connectivity index (χ1) is 15.4. The number of benzene rings is 2. The summed E-state index contributed by atoms with van der Waals surface area (Å²) in [7, 11) is 3.10. The molecule has 2 aromatic heterocycles. The quantitative estimate of drug-likeness (QED) is 0.378. The Morgan fingerprint density at radius 1 is 1.12 bits per heavy atom. The average molecular weight is 513 g/mol. The molecule has 1 amide bonds. The number of fused-ring (bicyclic) bond motifs is 2. The number of methoxy groups -OCH3 is 2. The Labute approximate surface area is 195 Å². The van der Waals surface area contributed by atoms with Gasteiger partial charge in [-0.3, -0.25) is 14.5 Å². The fraction of sp³-hybridized carbons (Fsp3) is 0.174. The van der Waals surface area contributed by atoms with Crippen LogP contribution >= 0.6 is 27.3 Å². The summed E-state index contributed by atoms with van der Waals surface area (Å²) in [6.07, 6.45) is 0. The molecule has 162 valence electrons. The summed E-state index contributed by atoms with van der Waals surface area (Å²) in [6, 6.07) is 9.63. The minimum absolute atomic E-state index is 0.00699. The van der Waals surface area contributed by atoms with E-state index < -0.39 is 11.9 Å². The molecule has 0 N–H and O–H groups in total. The molecule has 1 atom stereocenters. The maximum atomic E-state index is 13.7. The van der Waals surface area contributed by atoms with Crippen molar-refractivity contribution in [3.8, 4) is 11.5 Å². The lowest BCUT2D eigenvalue weighted by molar-refractivity contribution is 0.0970. The number of hydrogen-bond acceptors (Lipinski definition) is 7. The molecule has 32 heavy (non-hydrogen) atoms. The smallest absolute Gasteiger partial charge is 0.297 e. The van der Waals surface area contributed by atoms with Gasteiger partial charge in [-0.2, -0.15) is 0 Å². The van der Waals surface area contributed by atoms with Crippen LogP contribution in [0.4, 0.5) is 5.13 Å². The largest absolute Gasteiger partial charge is 0.497 e. The van der Waals surface area contributed by atoms with Crippen LogP contribution in [0.25, 0.3) is 11.0 Å². The third-order valence-corrected chi connectivity index (χ3v) is 6.83. The Balaban J connectivity index is 1.86. The van der Waals surface area contributed by atoms with Crippen LogP contribution in [0, 0.1) is 6.92 Å². The molecule has 7 nitrogen and oxygen atoms in total. The standard InChI is InChI=1S/C23H17BrN2O5S/c1-11-10-32-23(25-11)26-19(14-9-13(29-2)5-7-16(14)30-3)18-20(27)15-8-12(24)4-6-17(15)31-21(18)22(26)28/h4-10,19H,1-3H3/t19-/m1/s1. The number of aromatic nitrogens is 1. The van der Waals surface area contributed by atoms with Crippen molar-refractivity contribution < 1.29 is 18.7 Å². The lowest BCUT2D eigenvalue weighted by atomic mass is 9.97. The van der Waals surface area contributed by atoms with E-state index in [1.165, 1.54) is 16.2 Å². The van der Waals surface area contributed by atoms with E-state index in [1.54, 1.807) is 50.6 Å². The number of thiazole rings is 1. The Morgan fingerprint density at radius 3 is 2.62 bits per heavy atom. The van der Waals surface area contributed by atoms with Gasteiger partial charge in [0, 0.05) is 15.4 Å². The van der Waals surface area contributed by atoms with Gasteiger partial charge in [-0.25, -0.2) is 4.98 Å². The number of halogens is 1. The second kappa shape index (κ2) is 7.75. The van der Waals surface area contributed by atoms with Gasteiger partial charge in [0.15, 0.2) is 10.6 Å². The maximum Gasteiger partial charge on any atom is 0.297 e. The van der Waals surface area contributed by atoms with Crippen LogP contribution in [0.15, 0.2) is 55.5 Å². The number of aryl methyl sites for hydroxylation is 1. The number of ether oxygens (including phenoxy) is 2. The fourth-order valence-corrected chi connectivity index (χ4v) is 5.13. The van der Waals surface area contributed by atoms with Gasteiger partial charge in [-0.15, -0.1) is 11.3 Å². The molecule has 2 aromatic carbocycles. The molecule has 0 saturated heterocycles. The summed E-state index contributed by atoms with van der Waals surface area (Å²) < 4.78 is 17.7. The Hall–Kier alpha value is -3.17. The third kappa shape index (κ3) is 3.11. The number of nitrogens with zero attached hydrogens (tertiary/aromatic N) is 2. The zero-order chi connectivity index (χ0) is 22.6. The molecule has 0 saturated carbocycles. The van der Waals surface area contributed by atoms with Gasteiger partial charge >= 0.3 is 0 Å². The first-order valence-corrected chi connectivity index (χ1v) is 11.3. The van der Waals surface area contributed by atoms with Crippen molar-refractivity contribution in [3.05, 3.63) is 79.1 Å². The van der Waals surface area contributed by atoms with Crippen LogP contribution in [0.1, 0.15) is 33.4 Å². The minimum Gasteiger partial charge on any atom is -0.497 e. The summed E-state index contributed by atoms with van der Waals surface area (Å²) in [5, 5.41) is 2.71. The molecule has 9 heteroatoms. The van der Waals surface area contributed by atoms with E-state index in [9.17, 15) is 9.59 Å². The topological polar surface area (TPSA) is 81.9 Å². The van der Waals surface area contributed by atoms with Gasteiger partial charge in [0.25, 0.3) is 5.91 Å². The molecule has 1 aliphatic rings. The van der Waals surface area contributed by atoms with Gasteiger partial charge < -0.3 is 13.9 Å². The lowest BCUT2D eigenvalue weighted by Crippen LogP contribution is -2.29. The average Bonchev–Trinajstić information content (AvgIpc) is 3.34. The van der Waals surface area contributed by atoms with E-state index in [2.05, 4.69) is 20.9 Å². The van der Waals surface area contributed by atoms with Gasteiger partial charge in [0.1, 0.15) is 23.1 Å². The minimum atomic E-state index is -0.785. The second-order valence-electron chi connectivity index (χ2n) is 7.27. The van der Waals surface area contributed by atoms with Crippen molar-refractivity contribution >= 4 is 49.3 Å². The molecule has 5 rings (SSSR count). The van der Waals surface area contributed by atoms with Gasteiger partial charge in [0.2, 0.25) is 5.76 Å². The zero-order valence-electron chi connectivity index (χ0n) is 17.3. The number of hydrogen-bond donors (Lipinski definition) is 0. The molecule has 0 aliphatic carbocycles. The SMILES string of the molecule is COc1ccc(OC)c([C@@H]2c3c(oc4ccc(Br)cc4c3=O)C(=O)N2c2nc(C)cs2)c1. The van der Waals surface area contributed by atoms with Crippen LogP contribution in [0.2, 0.25) is 0 Å². The monoisotopic (exact) mass is 512 g/mol. The van der Waals surface area contributed by atoms with Crippen LogP contribution in [0.5, 0.6) is 11.5 Å². The third-order valence-electron chi connectivity index (χ3n) is 5.38. The number of carbonyl (C=O) groups excluding carboxylic acids is 1. The molecular formula is C23H17BrN2O5S. The first-order valence-electron chi connectivity index (χ1n) is 9.66. The molecule has 3 heterocycles. The molecule has 0 unspecified atom stereocenters. The molecule has 1 aliphatic heterocycles. The molecule has 0 bridgehead atoms. The summed E-state index contributed by atoms with van der Waals surface area (Å²) >= 11 is 4.74. The van der Waals surface area contributed by atoms with E-state index >= 15 is 0 Å². The van der Waals surface area contributed by atoms with Crippen molar-refractivity contribution in [1.82, 2.24) is 4.98 Å². The van der Waals surface area contributed by atoms with Crippen LogP contribution in [-0.2, 0) is 0 Å². The number of anilines is 1. The fourth-order valence-electron chi connectivity index (χ4n) is 3.94. The molecule has 0 radical (unpaired) electrons. The van der Waals surface area contributed by atoms with Crippen molar-refractivity contribution in [2.75, 3.05) is 19.1 Å². The van der Waals surface area contributed by atoms with Crippen LogP contribution < -0.4 is 19.8 Å². The molecule has 0 fully saturated rings. The predicted octanol–water partition coefficient (Wildman–Crippen LogP) is 5.09. The van der Waals surface area contributed by atoms with E-state index in [0.717, 1.165) is 10.2 Å². The summed E-state index contributed by atoms with van der Waals surface area (Å²) in [4.78, 5) is 33.3. The number of amides is 1. The maximum absolute atomic E-state index is 13.7. The molecule has 4 aromatic rings. The van der Waals surface area contributed by atoms with Gasteiger partial charge in [0.05, 0.1) is 30.9 Å². The van der Waals surface area contributed by atoms with Crippen molar-refractivity contribution in [1.29, 1.82) is 0 Å². The van der Waals surface area contributed by atoms with E-state index in [1.807, 2.05) is 12.3 Å². The predicted molar refractivity (Wildman–Crippen MR) is 125 cm³/mol. The molecular weight excluding hydrogens is 496 g/mol. The zero-order valence-corrected chi connectivity index (χ0v) is 19.7. The van der Waals surface area contributed by atoms with Crippen LogP contribution in [0.3, 0.4) is 0 Å². The van der Waals surface area contributed by atoms with E-state index in [-0.39, 0.29) is 16.8 Å². The second-order valence-corrected chi connectivity index (χ2v) is 9.02. The first kappa shape index (κ1) is 20.7. The highest BCUT2D eigenvalue weighted by molar-refractivity contribution is 9.10. The van der Waals surface area contributed by atoms with Crippen molar-refractivity contribution in [3.63, 3.8) is 0 Å². The lowest BCUT2D eigenvalue weighted by Gasteiger charge is -2.24. The van der Waals surface area contributed by atoms with Gasteiger partial charge in [-0.1, -0.05) is 15.9 Å². The summed E-state index contributed by atoms with van der Waals surface area (Å²) in [5.74, 6) is 0.673. The number of carbonyl (C=O) groups is 1. The van der Waals surface area contributed by atoms with Gasteiger partial charge in [-0.05, 0) is 43.3 Å². The summed E-state index contributed by atoms with van der Waals surface area (Å²) in [6.45, 7) is 1.85. The van der Waals surface area contributed by atoms with E-state index in [0.29, 0.717) is 33.2 Å². The summed E-state index contributed by atoms with van der Waals surface area (Å²) in [5.41, 5.74) is 1.70. The highest BCUT2D eigenvalue weighted by atomic mass is 79.9. The van der Waals surface area contributed by atoms with Crippen LogP contribution in [-0.4, -0.2) is 25.1 Å². The highest BCUT2D eigenvalue weighted by Gasteiger charge is 2.46. The Bertz CT molecular complexity index is 1440. The highest BCUT2D eigenvalue weighted by Crippen LogP contribution is 2.45. The normalized spacial score (nSPS) is 15.3. The molecule has 0 spiro atoms. The number of rotatable bonds is 4. The Kier molecular flexibility index (Phi) is 5.02. The van der Waals surface area contributed by atoms with E-state index in [4.69, 9.17) is 13.9 Å². The Morgan fingerprint density at radius 2 is 1.94 bits per heavy atom. The van der Waals surface area contributed by atoms with Crippen molar-refractivity contribution in [2.45, 2.75) is 13.0 Å². The van der Waals surface area contributed by atoms with Crippen molar-refractivity contribution in [2.24, 2.45) is 0 Å².